The topological polar surface area (TPSA) is 53.9 Å². The zero-order valence-electron chi connectivity index (χ0n) is 18.0. The van der Waals surface area contributed by atoms with Crippen LogP contribution in [0.1, 0.15) is 39.0 Å². The van der Waals surface area contributed by atoms with Gasteiger partial charge < -0.3 is 9.64 Å². The summed E-state index contributed by atoms with van der Waals surface area (Å²) < 4.78 is 5.60. The molecule has 0 unspecified atom stereocenters. The highest BCUT2D eigenvalue weighted by molar-refractivity contribution is 5.95. The third-order valence-corrected chi connectivity index (χ3v) is 5.53. The van der Waals surface area contributed by atoms with Crippen LogP contribution >= 0.6 is 0 Å². The van der Waals surface area contributed by atoms with Crippen molar-refractivity contribution in [2.45, 2.75) is 26.3 Å². The van der Waals surface area contributed by atoms with E-state index in [9.17, 15) is 4.79 Å². The smallest absolute Gasteiger partial charge is 0.271 e. The molecule has 1 heterocycles. The quantitative estimate of drug-likeness (QED) is 0.470. The first-order chi connectivity index (χ1) is 15.1. The van der Waals surface area contributed by atoms with Gasteiger partial charge in [0.2, 0.25) is 0 Å². The van der Waals surface area contributed by atoms with Gasteiger partial charge in [-0.2, -0.15) is 5.10 Å². The van der Waals surface area contributed by atoms with Crippen LogP contribution in [0, 0.1) is 6.92 Å². The number of anilines is 1. The van der Waals surface area contributed by atoms with Gasteiger partial charge in [-0.3, -0.25) is 4.79 Å². The van der Waals surface area contributed by atoms with Gasteiger partial charge in [0.05, 0.1) is 13.3 Å². The van der Waals surface area contributed by atoms with E-state index in [4.69, 9.17) is 4.74 Å². The van der Waals surface area contributed by atoms with Gasteiger partial charge in [0, 0.05) is 29.9 Å². The summed E-state index contributed by atoms with van der Waals surface area (Å²) in [5, 5.41) is 4.15. The van der Waals surface area contributed by atoms with Crippen LogP contribution in [0.2, 0.25) is 0 Å². The summed E-state index contributed by atoms with van der Waals surface area (Å²) in [7, 11) is 1.69. The lowest BCUT2D eigenvalue weighted by molar-refractivity contribution is 0.0955. The van der Waals surface area contributed by atoms with Crippen molar-refractivity contribution in [3.8, 4) is 5.75 Å². The van der Waals surface area contributed by atoms with Crippen LogP contribution < -0.4 is 15.1 Å². The Bertz CT molecular complexity index is 1110. The van der Waals surface area contributed by atoms with Gasteiger partial charge in [0.25, 0.3) is 5.91 Å². The van der Waals surface area contributed by atoms with Gasteiger partial charge in [-0.15, -0.1) is 0 Å². The molecule has 4 rings (SSSR count). The average Bonchev–Trinajstić information content (AvgIpc) is 2.79. The highest BCUT2D eigenvalue weighted by Crippen LogP contribution is 2.30. The maximum Gasteiger partial charge on any atom is 0.271 e. The minimum atomic E-state index is -0.224. The van der Waals surface area contributed by atoms with Crippen LogP contribution in [0.15, 0.2) is 71.8 Å². The molecule has 0 aliphatic carbocycles. The molecule has 0 bridgehead atoms. The number of hydrogen-bond acceptors (Lipinski definition) is 4. The Morgan fingerprint density at radius 2 is 2.00 bits per heavy atom. The molecule has 1 aliphatic rings. The van der Waals surface area contributed by atoms with E-state index in [0.29, 0.717) is 5.56 Å². The minimum Gasteiger partial charge on any atom is -0.496 e. The molecule has 1 aliphatic heterocycles. The minimum absolute atomic E-state index is 0.224. The van der Waals surface area contributed by atoms with Crippen molar-refractivity contribution >= 4 is 17.8 Å². The van der Waals surface area contributed by atoms with E-state index in [0.717, 1.165) is 48.4 Å². The number of ether oxygens (including phenoxy) is 1. The van der Waals surface area contributed by atoms with Crippen LogP contribution in [0.4, 0.5) is 5.69 Å². The van der Waals surface area contributed by atoms with Crippen LogP contribution in [0.25, 0.3) is 0 Å². The van der Waals surface area contributed by atoms with E-state index in [2.05, 4.69) is 45.8 Å². The van der Waals surface area contributed by atoms with Crippen molar-refractivity contribution in [2.24, 2.45) is 5.10 Å². The van der Waals surface area contributed by atoms with E-state index in [1.54, 1.807) is 19.4 Å². The molecule has 0 spiro atoms. The van der Waals surface area contributed by atoms with Gasteiger partial charge in [0.1, 0.15) is 5.75 Å². The fraction of sp³-hybridized carbons (Fsp3) is 0.231. The lowest BCUT2D eigenvalue weighted by Crippen LogP contribution is -2.29. The van der Waals surface area contributed by atoms with E-state index in [1.165, 1.54) is 11.3 Å². The number of fused-ring (bicyclic) bond motifs is 1. The van der Waals surface area contributed by atoms with Crippen molar-refractivity contribution < 1.29 is 9.53 Å². The summed E-state index contributed by atoms with van der Waals surface area (Å²) in [5.74, 6) is 0.627. The molecular weight excluding hydrogens is 386 g/mol. The molecule has 3 aromatic carbocycles. The fourth-order valence-corrected chi connectivity index (χ4v) is 4.00. The SMILES string of the molecule is COc1ccc(/C=N/NC(=O)c2cccc(C)c2)cc1CN1CCCc2ccccc21. The lowest BCUT2D eigenvalue weighted by Gasteiger charge is -2.31. The first-order valence-electron chi connectivity index (χ1n) is 10.5. The largest absolute Gasteiger partial charge is 0.496 e. The summed E-state index contributed by atoms with van der Waals surface area (Å²) in [6.45, 7) is 3.74. The molecule has 0 fully saturated rings. The van der Waals surface area contributed by atoms with Gasteiger partial charge in [0.15, 0.2) is 0 Å². The summed E-state index contributed by atoms with van der Waals surface area (Å²) in [6.07, 6.45) is 3.93. The lowest BCUT2D eigenvalue weighted by atomic mass is 10.0. The van der Waals surface area contributed by atoms with E-state index >= 15 is 0 Å². The van der Waals surface area contributed by atoms with Crippen molar-refractivity contribution in [1.82, 2.24) is 5.43 Å². The second kappa shape index (κ2) is 9.47. The molecule has 31 heavy (non-hydrogen) atoms. The molecule has 0 radical (unpaired) electrons. The third kappa shape index (κ3) is 4.94. The molecule has 1 amide bonds. The average molecular weight is 414 g/mol. The molecule has 0 atom stereocenters. The first kappa shape index (κ1) is 20.7. The third-order valence-electron chi connectivity index (χ3n) is 5.53. The van der Waals surface area contributed by atoms with Gasteiger partial charge in [-0.25, -0.2) is 5.43 Å². The Kier molecular flexibility index (Phi) is 6.32. The maximum atomic E-state index is 12.3. The zero-order chi connectivity index (χ0) is 21.6. The summed E-state index contributed by atoms with van der Waals surface area (Å²) in [5.41, 5.74) is 8.92. The zero-order valence-corrected chi connectivity index (χ0v) is 18.0. The maximum absolute atomic E-state index is 12.3. The Morgan fingerprint density at radius 3 is 2.84 bits per heavy atom. The molecule has 5 nitrogen and oxygen atoms in total. The van der Waals surface area contributed by atoms with E-state index < -0.39 is 0 Å². The Labute approximate surface area is 183 Å². The number of benzene rings is 3. The Morgan fingerprint density at radius 1 is 1.13 bits per heavy atom. The second-order valence-electron chi connectivity index (χ2n) is 7.79. The number of aryl methyl sites for hydroxylation is 2. The summed E-state index contributed by atoms with van der Waals surface area (Å²) >= 11 is 0. The standard InChI is InChI=1S/C26H27N3O2/c1-19-7-5-9-22(15-19)26(30)28-27-17-20-12-13-25(31-2)23(16-20)18-29-14-6-10-21-8-3-4-11-24(21)29/h3-5,7-9,11-13,15-17H,6,10,14,18H2,1-2H3,(H,28,30)/b27-17+. The fourth-order valence-electron chi connectivity index (χ4n) is 4.00. The summed E-state index contributed by atoms with van der Waals surface area (Å²) in [6, 6.07) is 22.0. The van der Waals surface area contributed by atoms with Crippen molar-refractivity contribution in [2.75, 3.05) is 18.6 Å². The number of hydrazone groups is 1. The number of carbonyl (C=O) groups excluding carboxylic acids is 1. The molecule has 1 N–H and O–H groups in total. The number of hydrogen-bond donors (Lipinski definition) is 1. The molecular formula is C26H27N3O2. The molecule has 0 aromatic heterocycles. The Hall–Kier alpha value is -3.60. The normalized spacial score (nSPS) is 13.2. The molecule has 5 heteroatoms. The van der Waals surface area contributed by atoms with Crippen LogP contribution in [0.5, 0.6) is 5.75 Å². The number of methoxy groups -OCH3 is 1. The number of nitrogens with zero attached hydrogens (tertiary/aromatic N) is 2. The van der Waals surface area contributed by atoms with E-state index in [1.807, 2.05) is 37.3 Å². The number of carbonyl (C=O) groups is 1. The van der Waals surface area contributed by atoms with Gasteiger partial charge in [-0.1, -0.05) is 35.9 Å². The number of rotatable bonds is 6. The van der Waals surface area contributed by atoms with Crippen molar-refractivity contribution in [1.29, 1.82) is 0 Å². The number of amides is 1. The predicted octanol–water partition coefficient (Wildman–Crippen LogP) is 4.72. The molecule has 158 valence electrons. The van der Waals surface area contributed by atoms with E-state index in [-0.39, 0.29) is 5.91 Å². The first-order valence-corrected chi connectivity index (χ1v) is 10.5. The monoisotopic (exact) mass is 413 g/mol. The van der Waals surface area contributed by atoms with Crippen molar-refractivity contribution in [3.05, 3.63) is 94.5 Å². The van der Waals surface area contributed by atoms with Gasteiger partial charge in [-0.05, 0) is 67.3 Å². The second-order valence-corrected chi connectivity index (χ2v) is 7.79. The number of nitrogens with one attached hydrogen (secondary N) is 1. The van der Waals surface area contributed by atoms with Gasteiger partial charge >= 0.3 is 0 Å². The number of para-hydroxylation sites is 1. The van der Waals surface area contributed by atoms with Crippen LogP contribution in [-0.2, 0) is 13.0 Å². The highest BCUT2D eigenvalue weighted by atomic mass is 16.5. The highest BCUT2D eigenvalue weighted by Gasteiger charge is 2.18. The Balaban J connectivity index is 1.49. The van der Waals surface area contributed by atoms with Crippen molar-refractivity contribution in [3.63, 3.8) is 0 Å². The summed E-state index contributed by atoms with van der Waals surface area (Å²) in [4.78, 5) is 14.7. The predicted molar refractivity (Wildman–Crippen MR) is 125 cm³/mol. The molecule has 0 saturated heterocycles. The molecule has 3 aromatic rings. The van der Waals surface area contributed by atoms with Crippen LogP contribution in [0.3, 0.4) is 0 Å². The van der Waals surface area contributed by atoms with Crippen LogP contribution in [-0.4, -0.2) is 25.8 Å². The molecule has 0 saturated carbocycles.